The average molecular weight is 456 g/mol. The molecule has 0 aromatic heterocycles. The molecule has 7 N–H and O–H groups in total. The summed E-state index contributed by atoms with van der Waals surface area (Å²) in [6, 6.07) is -3.06. The maximum atomic E-state index is 13.0. The molecule has 10 heteroatoms. The molecule has 32 heavy (non-hydrogen) atoms. The molecule has 4 atom stereocenters. The van der Waals surface area contributed by atoms with E-state index in [1.807, 2.05) is 27.7 Å². The highest BCUT2D eigenvalue weighted by atomic mass is 16.4. The van der Waals surface area contributed by atoms with Crippen molar-refractivity contribution in [1.29, 1.82) is 0 Å². The number of carboxylic acid groups (broad SMARTS) is 1. The molecule has 1 rings (SSSR count). The molecular formula is C22H41N5O5. The lowest BCUT2D eigenvalue weighted by atomic mass is 9.99. The zero-order valence-electron chi connectivity index (χ0n) is 19.8. The fraction of sp³-hybridized carbons (Fsp3) is 0.818. The molecule has 1 heterocycles. The number of unbranched alkanes of at least 4 members (excludes halogenated alkanes) is 1. The minimum absolute atomic E-state index is 0.0846. The van der Waals surface area contributed by atoms with Gasteiger partial charge >= 0.3 is 5.97 Å². The molecular weight excluding hydrogens is 414 g/mol. The van der Waals surface area contributed by atoms with Crippen LogP contribution in [0.5, 0.6) is 0 Å². The Labute approximate surface area is 190 Å². The van der Waals surface area contributed by atoms with Crippen molar-refractivity contribution in [2.45, 2.75) is 90.4 Å². The topological polar surface area (TPSA) is 163 Å². The summed E-state index contributed by atoms with van der Waals surface area (Å²) < 4.78 is 0. The highest BCUT2D eigenvalue weighted by molar-refractivity contribution is 5.94. The van der Waals surface area contributed by atoms with Crippen molar-refractivity contribution < 1.29 is 24.3 Å². The first-order valence-electron chi connectivity index (χ1n) is 11.6. The van der Waals surface area contributed by atoms with Crippen LogP contribution in [-0.2, 0) is 19.2 Å². The van der Waals surface area contributed by atoms with Gasteiger partial charge in [-0.05, 0) is 63.5 Å². The second-order valence-corrected chi connectivity index (χ2v) is 9.25. The molecule has 184 valence electrons. The highest BCUT2D eigenvalue weighted by Crippen LogP contribution is 2.11. The van der Waals surface area contributed by atoms with E-state index in [9.17, 15) is 24.3 Å². The van der Waals surface area contributed by atoms with Crippen molar-refractivity contribution in [2.24, 2.45) is 17.6 Å². The Bertz CT molecular complexity index is 634. The van der Waals surface area contributed by atoms with E-state index in [-0.39, 0.29) is 30.2 Å². The Balaban J connectivity index is 2.84. The van der Waals surface area contributed by atoms with Crippen molar-refractivity contribution in [3.05, 3.63) is 0 Å². The maximum absolute atomic E-state index is 13.0. The number of aliphatic carboxylic acids is 1. The van der Waals surface area contributed by atoms with Gasteiger partial charge in [0.1, 0.15) is 18.1 Å². The number of carbonyl (C=O) groups excluding carboxylic acids is 3. The monoisotopic (exact) mass is 455 g/mol. The first-order chi connectivity index (χ1) is 15.1. The Morgan fingerprint density at radius 1 is 1.00 bits per heavy atom. The van der Waals surface area contributed by atoms with Gasteiger partial charge in [-0.1, -0.05) is 27.7 Å². The zero-order chi connectivity index (χ0) is 24.3. The van der Waals surface area contributed by atoms with E-state index < -0.39 is 35.9 Å². The molecule has 0 saturated carbocycles. The summed E-state index contributed by atoms with van der Waals surface area (Å²) in [6.45, 7) is 8.68. The fourth-order valence-electron chi connectivity index (χ4n) is 3.68. The zero-order valence-corrected chi connectivity index (χ0v) is 19.8. The molecule has 10 nitrogen and oxygen atoms in total. The number of nitrogens with one attached hydrogen (secondary N) is 4. The van der Waals surface area contributed by atoms with Crippen molar-refractivity contribution in [3.8, 4) is 0 Å². The van der Waals surface area contributed by atoms with Crippen molar-refractivity contribution in [1.82, 2.24) is 21.3 Å². The third-order valence-corrected chi connectivity index (χ3v) is 5.53. The van der Waals surface area contributed by atoms with Gasteiger partial charge < -0.3 is 32.1 Å². The smallest absolute Gasteiger partial charge is 0.326 e. The summed E-state index contributed by atoms with van der Waals surface area (Å²) in [5.74, 6) is -2.46. The molecule has 1 aliphatic rings. The van der Waals surface area contributed by atoms with Gasteiger partial charge in [0.05, 0.1) is 6.04 Å². The van der Waals surface area contributed by atoms with Crippen LogP contribution in [0.15, 0.2) is 0 Å². The fourth-order valence-corrected chi connectivity index (χ4v) is 3.68. The Morgan fingerprint density at radius 3 is 2.16 bits per heavy atom. The van der Waals surface area contributed by atoms with E-state index in [1.165, 1.54) is 0 Å². The largest absolute Gasteiger partial charge is 0.480 e. The van der Waals surface area contributed by atoms with Gasteiger partial charge in [0.2, 0.25) is 17.7 Å². The third-order valence-electron chi connectivity index (χ3n) is 5.53. The van der Waals surface area contributed by atoms with E-state index >= 15 is 0 Å². The summed E-state index contributed by atoms with van der Waals surface area (Å²) >= 11 is 0. The molecule has 0 aliphatic carbocycles. The molecule has 0 bridgehead atoms. The van der Waals surface area contributed by atoms with Crippen LogP contribution in [0.25, 0.3) is 0 Å². The Hall–Kier alpha value is -2.20. The second kappa shape index (κ2) is 14.1. The van der Waals surface area contributed by atoms with E-state index in [2.05, 4.69) is 21.3 Å². The predicted molar refractivity (Wildman–Crippen MR) is 122 cm³/mol. The number of carboxylic acids is 1. The molecule has 0 radical (unpaired) electrons. The number of hydrogen-bond donors (Lipinski definition) is 6. The molecule has 0 spiro atoms. The van der Waals surface area contributed by atoms with Crippen LogP contribution in [0, 0.1) is 11.8 Å². The lowest BCUT2D eigenvalue weighted by Gasteiger charge is -2.27. The van der Waals surface area contributed by atoms with E-state index in [1.54, 1.807) is 0 Å². The minimum atomic E-state index is -1.12. The third kappa shape index (κ3) is 9.52. The molecule has 0 aromatic carbocycles. The Morgan fingerprint density at radius 2 is 1.66 bits per heavy atom. The van der Waals surface area contributed by atoms with Gasteiger partial charge in [-0.15, -0.1) is 0 Å². The first-order valence-corrected chi connectivity index (χ1v) is 11.6. The van der Waals surface area contributed by atoms with Crippen molar-refractivity contribution in [3.63, 3.8) is 0 Å². The number of hydrogen-bond acceptors (Lipinski definition) is 6. The average Bonchev–Trinajstić information content (AvgIpc) is 3.24. The lowest BCUT2D eigenvalue weighted by molar-refractivity contribution is -0.142. The highest BCUT2D eigenvalue weighted by Gasteiger charge is 2.32. The van der Waals surface area contributed by atoms with Crippen LogP contribution < -0.4 is 27.0 Å². The molecule has 0 aromatic rings. The number of rotatable bonds is 14. The summed E-state index contributed by atoms with van der Waals surface area (Å²) in [6.07, 6.45) is 3.47. The van der Waals surface area contributed by atoms with Crippen LogP contribution in [0.1, 0.15) is 66.2 Å². The summed E-state index contributed by atoms with van der Waals surface area (Å²) in [4.78, 5) is 49.9. The van der Waals surface area contributed by atoms with Gasteiger partial charge in [-0.3, -0.25) is 14.4 Å². The summed E-state index contributed by atoms with van der Waals surface area (Å²) in [5.41, 5.74) is 5.46. The van der Waals surface area contributed by atoms with E-state index in [4.69, 9.17) is 5.73 Å². The van der Waals surface area contributed by atoms with Crippen LogP contribution in [0.4, 0.5) is 0 Å². The number of amides is 3. The summed E-state index contributed by atoms with van der Waals surface area (Å²) in [5, 5.41) is 20.6. The van der Waals surface area contributed by atoms with Gasteiger partial charge in [0.15, 0.2) is 0 Å². The first kappa shape index (κ1) is 27.8. The SMILES string of the molecule is CC(C)CC(NC(=O)C(NC(=O)C1CCCN1)C(C)C)C(=O)NC(CCCCN)C(=O)O. The standard InChI is InChI=1S/C22H41N5O5/c1-13(2)12-17(20(29)25-16(22(31)32)8-5-6-10-23)26-21(30)18(14(3)4)27-19(28)15-9-7-11-24-15/h13-18,24H,5-12,23H2,1-4H3,(H,25,29)(H,26,30)(H,27,28)(H,31,32). The molecule has 1 aliphatic heterocycles. The van der Waals surface area contributed by atoms with Crippen LogP contribution in [0.2, 0.25) is 0 Å². The van der Waals surface area contributed by atoms with Gasteiger partial charge in [0.25, 0.3) is 0 Å². The second-order valence-electron chi connectivity index (χ2n) is 9.25. The lowest BCUT2D eigenvalue weighted by Crippen LogP contribution is -2.58. The molecule has 4 unspecified atom stereocenters. The Kier molecular flexibility index (Phi) is 12.2. The van der Waals surface area contributed by atoms with Gasteiger partial charge in [0, 0.05) is 0 Å². The van der Waals surface area contributed by atoms with Gasteiger partial charge in [-0.2, -0.15) is 0 Å². The van der Waals surface area contributed by atoms with Crippen molar-refractivity contribution >= 4 is 23.7 Å². The summed E-state index contributed by atoms with van der Waals surface area (Å²) in [7, 11) is 0. The molecule has 3 amide bonds. The number of nitrogens with two attached hydrogens (primary N) is 1. The van der Waals surface area contributed by atoms with E-state index in [0.29, 0.717) is 25.8 Å². The molecule has 1 saturated heterocycles. The number of carbonyl (C=O) groups is 4. The van der Waals surface area contributed by atoms with Crippen LogP contribution in [-0.4, -0.2) is 66.1 Å². The molecule has 1 fully saturated rings. The van der Waals surface area contributed by atoms with Crippen LogP contribution >= 0.6 is 0 Å². The normalized spacial score (nSPS) is 18.8. The maximum Gasteiger partial charge on any atom is 0.326 e. The minimum Gasteiger partial charge on any atom is -0.480 e. The van der Waals surface area contributed by atoms with Crippen LogP contribution in [0.3, 0.4) is 0 Å². The van der Waals surface area contributed by atoms with E-state index in [0.717, 1.165) is 19.4 Å². The van der Waals surface area contributed by atoms with Crippen molar-refractivity contribution in [2.75, 3.05) is 13.1 Å². The quantitative estimate of drug-likeness (QED) is 0.202. The van der Waals surface area contributed by atoms with Gasteiger partial charge in [-0.25, -0.2) is 4.79 Å². The predicted octanol–water partition coefficient (Wildman–Crippen LogP) is 0.109.